The van der Waals surface area contributed by atoms with E-state index in [4.69, 9.17) is 5.11 Å². The van der Waals surface area contributed by atoms with E-state index in [2.05, 4.69) is 20.3 Å². The number of thiazole rings is 1. The lowest BCUT2D eigenvalue weighted by Crippen LogP contribution is -2.52. The predicted molar refractivity (Wildman–Crippen MR) is 157 cm³/mol. The zero-order chi connectivity index (χ0) is 34.1. The number of hydrogen-bond donors (Lipinski definition) is 2. The molecule has 2 fully saturated rings. The number of hydrogen-bond acceptors (Lipinski definition) is 9. The summed E-state index contributed by atoms with van der Waals surface area (Å²) in [5, 5.41) is 11.3. The smallest absolute Gasteiger partial charge is 0.416 e. The van der Waals surface area contributed by atoms with Gasteiger partial charge in [0.2, 0.25) is 0 Å². The second kappa shape index (κ2) is 13.7. The molecule has 2 atom stereocenters. The average molecular weight is 690 g/mol. The number of halogens is 7. The molecule has 254 valence electrons. The number of nitrogens with one attached hydrogen (secondary N) is 1. The minimum Gasteiger partial charge on any atom is -0.481 e. The van der Waals surface area contributed by atoms with E-state index >= 15 is 0 Å². The summed E-state index contributed by atoms with van der Waals surface area (Å²) >= 11 is 0.775. The van der Waals surface area contributed by atoms with Crippen LogP contribution >= 0.6 is 11.3 Å². The first-order valence-electron chi connectivity index (χ1n) is 14.6. The Morgan fingerprint density at radius 1 is 1.06 bits per heavy atom. The zero-order valence-electron chi connectivity index (χ0n) is 24.9. The van der Waals surface area contributed by atoms with Gasteiger partial charge in [0.25, 0.3) is 5.91 Å². The summed E-state index contributed by atoms with van der Waals surface area (Å²) in [4.78, 5) is 42.0. The van der Waals surface area contributed by atoms with Crippen molar-refractivity contribution in [2.75, 3.05) is 42.9 Å². The van der Waals surface area contributed by atoms with Crippen LogP contribution in [0.1, 0.15) is 47.1 Å². The topological polar surface area (TPSA) is 115 Å². The van der Waals surface area contributed by atoms with Crippen LogP contribution in [0.3, 0.4) is 0 Å². The number of nitrogens with zero attached hydrogens (tertiary/aromatic N) is 6. The molecule has 3 aromatic rings. The first-order chi connectivity index (χ1) is 22.1. The predicted octanol–water partition coefficient (Wildman–Crippen LogP) is 5.52. The Morgan fingerprint density at radius 2 is 1.83 bits per heavy atom. The molecule has 2 aromatic heterocycles. The second-order valence-electron chi connectivity index (χ2n) is 11.4. The van der Waals surface area contributed by atoms with E-state index in [9.17, 15) is 40.3 Å². The average Bonchev–Trinajstić information content (AvgIpc) is 3.63. The molecule has 0 spiro atoms. The summed E-state index contributed by atoms with van der Waals surface area (Å²) in [7, 11) is 0. The summed E-state index contributed by atoms with van der Waals surface area (Å²) in [5.74, 6) is -2.37. The molecule has 18 heteroatoms. The number of alkyl halides is 6. The van der Waals surface area contributed by atoms with Gasteiger partial charge in [-0.15, -0.1) is 0 Å². The highest BCUT2D eigenvalue weighted by molar-refractivity contribution is 7.16. The molecular weight excluding hydrogens is 659 g/mol. The fraction of sp³-hybridized carbons (Fsp3) is 0.483. The van der Waals surface area contributed by atoms with Gasteiger partial charge in [-0.25, -0.2) is 19.3 Å². The Labute approximate surface area is 268 Å². The van der Waals surface area contributed by atoms with Gasteiger partial charge in [-0.1, -0.05) is 11.3 Å². The molecule has 4 heterocycles. The van der Waals surface area contributed by atoms with Crippen LogP contribution in [0.15, 0.2) is 30.6 Å². The lowest BCUT2D eigenvalue weighted by molar-refractivity contribution is -0.177. The SMILES string of the molecule is C[C@@H]1CN(CCC(=O)O)CCN1c1cnc(C(=O)Nc2nc(-c3cc(F)cc(C(F)(F)F)c3)c(CN3CCC[C@H]3C(F)(F)F)s2)cn1. The van der Waals surface area contributed by atoms with E-state index < -0.39 is 41.7 Å². The maximum atomic E-state index is 14.3. The minimum absolute atomic E-state index is 0.0214. The Morgan fingerprint density at radius 3 is 2.47 bits per heavy atom. The van der Waals surface area contributed by atoms with E-state index in [1.165, 1.54) is 12.4 Å². The normalized spacial score (nSPS) is 19.7. The van der Waals surface area contributed by atoms with Crippen LogP contribution in [-0.2, 0) is 17.5 Å². The highest BCUT2D eigenvalue weighted by atomic mass is 32.1. The third-order valence-corrected chi connectivity index (χ3v) is 8.98. The lowest BCUT2D eigenvalue weighted by atomic mass is 10.1. The molecule has 10 nitrogen and oxygen atoms in total. The Balaban J connectivity index is 1.35. The molecule has 0 bridgehead atoms. The monoisotopic (exact) mass is 689 g/mol. The summed E-state index contributed by atoms with van der Waals surface area (Å²) in [6, 6.07) is -0.0111. The van der Waals surface area contributed by atoms with Gasteiger partial charge in [0.05, 0.1) is 30.1 Å². The van der Waals surface area contributed by atoms with Crippen molar-refractivity contribution in [1.82, 2.24) is 24.8 Å². The van der Waals surface area contributed by atoms with Crippen LogP contribution in [0.2, 0.25) is 0 Å². The van der Waals surface area contributed by atoms with Crippen molar-refractivity contribution < 1.29 is 45.4 Å². The molecule has 0 unspecified atom stereocenters. The van der Waals surface area contributed by atoms with Crippen molar-refractivity contribution in [3.8, 4) is 11.3 Å². The Kier molecular flexibility index (Phi) is 10.0. The number of carbonyl (C=O) groups is 2. The fourth-order valence-electron chi connectivity index (χ4n) is 5.78. The van der Waals surface area contributed by atoms with Gasteiger partial charge in [0.1, 0.15) is 23.4 Å². The lowest BCUT2D eigenvalue weighted by Gasteiger charge is -2.40. The number of carboxylic acids is 1. The van der Waals surface area contributed by atoms with Gasteiger partial charge in [0, 0.05) is 49.2 Å². The van der Waals surface area contributed by atoms with E-state index in [1.54, 1.807) is 0 Å². The number of carboxylic acid groups (broad SMARTS) is 1. The third-order valence-electron chi connectivity index (χ3n) is 8.02. The molecule has 1 aromatic carbocycles. The molecule has 2 aliphatic heterocycles. The number of carbonyl (C=O) groups excluding carboxylic acids is 1. The van der Waals surface area contributed by atoms with Gasteiger partial charge < -0.3 is 10.0 Å². The number of aliphatic carboxylic acids is 1. The quantitative estimate of drug-likeness (QED) is 0.281. The number of likely N-dealkylation sites (tertiary alicyclic amines) is 1. The molecule has 0 radical (unpaired) electrons. The molecule has 47 heavy (non-hydrogen) atoms. The molecular formula is C29H30F7N7O3S. The van der Waals surface area contributed by atoms with Crippen LogP contribution in [-0.4, -0.2) is 92.7 Å². The molecule has 2 saturated heterocycles. The van der Waals surface area contributed by atoms with Crippen LogP contribution in [0.25, 0.3) is 11.3 Å². The summed E-state index contributed by atoms with van der Waals surface area (Å²) in [6.07, 6.45) is -6.66. The molecule has 2 aliphatic rings. The molecule has 2 N–H and O–H groups in total. The van der Waals surface area contributed by atoms with Gasteiger partial charge in [-0.05, 0) is 44.5 Å². The van der Waals surface area contributed by atoms with Crippen LogP contribution in [0, 0.1) is 5.82 Å². The highest BCUT2D eigenvalue weighted by Gasteiger charge is 2.46. The van der Waals surface area contributed by atoms with Crippen LogP contribution < -0.4 is 10.2 Å². The summed E-state index contributed by atoms with van der Waals surface area (Å²) in [6.45, 7) is 3.87. The Bertz CT molecular complexity index is 1600. The standard InChI is InChI=1S/C29H30F7N7O3S/c1-16-14-41(6-4-24(44)45)7-8-43(16)23-13-37-20(12-38-23)26(46)40-27-39-25(17-9-18(28(31,32)33)11-19(30)10-17)21(47-27)15-42-5-2-3-22(42)29(34,35)36/h9-13,16,22H,2-8,14-15H2,1H3,(H,44,45)(H,39,40,46)/t16-,22+/m1/s1. The van der Waals surface area contributed by atoms with E-state index in [-0.39, 0.29) is 65.4 Å². The first kappa shape index (κ1) is 34.4. The number of anilines is 2. The summed E-state index contributed by atoms with van der Waals surface area (Å²) in [5.41, 5.74) is -1.89. The number of benzene rings is 1. The van der Waals surface area contributed by atoms with Gasteiger partial charge in [-0.3, -0.25) is 24.7 Å². The number of rotatable bonds is 9. The van der Waals surface area contributed by atoms with Crippen molar-refractivity contribution >= 4 is 34.2 Å². The van der Waals surface area contributed by atoms with Crippen molar-refractivity contribution in [2.45, 2.75) is 57.2 Å². The largest absolute Gasteiger partial charge is 0.481 e. The van der Waals surface area contributed by atoms with E-state index in [1.807, 2.05) is 16.7 Å². The van der Waals surface area contributed by atoms with Crippen molar-refractivity contribution in [1.29, 1.82) is 0 Å². The van der Waals surface area contributed by atoms with Crippen LogP contribution in [0.5, 0.6) is 0 Å². The van der Waals surface area contributed by atoms with E-state index in [0.717, 1.165) is 22.3 Å². The van der Waals surface area contributed by atoms with Gasteiger partial charge >= 0.3 is 18.3 Å². The van der Waals surface area contributed by atoms with Gasteiger partial charge in [0.15, 0.2) is 5.13 Å². The number of piperazine rings is 1. The zero-order valence-corrected chi connectivity index (χ0v) is 25.7. The summed E-state index contributed by atoms with van der Waals surface area (Å²) < 4.78 is 95.7. The first-order valence-corrected chi connectivity index (χ1v) is 15.4. The van der Waals surface area contributed by atoms with E-state index in [0.29, 0.717) is 44.1 Å². The van der Waals surface area contributed by atoms with Crippen LogP contribution in [0.4, 0.5) is 41.7 Å². The second-order valence-corrected chi connectivity index (χ2v) is 12.5. The maximum absolute atomic E-state index is 14.3. The maximum Gasteiger partial charge on any atom is 0.416 e. The van der Waals surface area contributed by atoms with Crippen molar-refractivity contribution in [2.24, 2.45) is 0 Å². The highest BCUT2D eigenvalue weighted by Crippen LogP contribution is 2.40. The van der Waals surface area contributed by atoms with Crippen molar-refractivity contribution in [3.63, 3.8) is 0 Å². The van der Waals surface area contributed by atoms with Gasteiger partial charge in [-0.2, -0.15) is 26.3 Å². The molecule has 0 aliphatic carbocycles. The Hall–Kier alpha value is -3.90. The van der Waals surface area contributed by atoms with Crippen molar-refractivity contribution in [3.05, 3.63) is 52.5 Å². The minimum atomic E-state index is -4.89. The number of amides is 1. The fourth-order valence-corrected chi connectivity index (χ4v) is 6.78. The molecule has 5 rings (SSSR count). The third kappa shape index (κ3) is 8.34. The molecule has 1 amide bonds. The number of aromatic nitrogens is 3. The molecule has 0 saturated carbocycles.